The van der Waals surface area contributed by atoms with E-state index in [9.17, 15) is 0 Å². The smallest absolute Gasteiger partial charge is 0.195 e. The molecule has 0 N–H and O–H groups in total. The van der Waals surface area contributed by atoms with Crippen LogP contribution in [0.25, 0.3) is 26.4 Å². The molecule has 27 heavy (non-hydrogen) atoms. The lowest BCUT2D eigenvalue weighted by atomic mass is 10.1. The molecule has 0 amide bonds. The normalized spacial score (nSPS) is 11.5. The Hall–Kier alpha value is -1.89. The summed E-state index contributed by atoms with van der Waals surface area (Å²) in [5.74, 6) is 0.896. The van der Waals surface area contributed by atoms with Crippen molar-refractivity contribution in [2.45, 2.75) is 20.0 Å². The van der Waals surface area contributed by atoms with Crippen LogP contribution in [0.15, 0.2) is 48.5 Å². The number of nitrogens with zero attached hydrogens (tertiary/aromatic N) is 2. The summed E-state index contributed by atoms with van der Waals surface area (Å²) in [5.41, 5.74) is 4.36. The largest absolute Gasteiger partial charge is 0.494 e. The third-order valence-corrected chi connectivity index (χ3v) is 5.90. The van der Waals surface area contributed by atoms with E-state index in [1.54, 1.807) is 11.3 Å². The SMILES string of the molecule is CCOc1ccc2c(c1)sc1nc(-c3ccccc3)c(COCCCBr)n12. The second-order valence-electron chi connectivity index (χ2n) is 6.15. The molecule has 2 aromatic heterocycles. The van der Waals surface area contributed by atoms with Crippen molar-refractivity contribution in [1.82, 2.24) is 9.38 Å². The molecule has 0 atom stereocenters. The lowest BCUT2D eigenvalue weighted by Gasteiger charge is -2.07. The zero-order valence-electron chi connectivity index (χ0n) is 15.2. The van der Waals surface area contributed by atoms with Crippen molar-refractivity contribution in [2.75, 3.05) is 18.5 Å². The molecule has 2 aromatic carbocycles. The molecule has 4 nitrogen and oxygen atoms in total. The van der Waals surface area contributed by atoms with Gasteiger partial charge in [-0.3, -0.25) is 4.40 Å². The number of alkyl halides is 1. The minimum Gasteiger partial charge on any atom is -0.494 e. The van der Waals surface area contributed by atoms with Crippen LogP contribution in [0.3, 0.4) is 0 Å². The summed E-state index contributed by atoms with van der Waals surface area (Å²) in [4.78, 5) is 5.93. The molecule has 0 spiro atoms. The number of ether oxygens (including phenoxy) is 2. The van der Waals surface area contributed by atoms with Crippen molar-refractivity contribution in [2.24, 2.45) is 0 Å². The summed E-state index contributed by atoms with van der Waals surface area (Å²) in [6, 6.07) is 16.6. The fourth-order valence-corrected chi connectivity index (χ4v) is 4.45. The average molecular weight is 445 g/mol. The summed E-state index contributed by atoms with van der Waals surface area (Å²) in [6.45, 7) is 3.93. The molecule has 0 aliphatic heterocycles. The average Bonchev–Trinajstić information content (AvgIpc) is 3.22. The number of hydrogen-bond donors (Lipinski definition) is 0. The topological polar surface area (TPSA) is 35.8 Å². The van der Waals surface area contributed by atoms with Gasteiger partial charge in [0, 0.05) is 17.5 Å². The molecule has 0 bridgehead atoms. The van der Waals surface area contributed by atoms with Crippen LogP contribution in [-0.4, -0.2) is 27.9 Å². The van der Waals surface area contributed by atoms with E-state index in [0.29, 0.717) is 13.2 Å². The molecule has 0 saturated carbocycles. The van der Waals surface area contributed by atoms with Crippen LogP contribution in [-0.2, 0) is 11.3 Å². The first-order valence-corrected chi connectivity index (χ1v) is 11.0. The molecule has 0 fully saturated rings. The van der Waals surface area contributed by atoms with E-state index in [0.717, 1.165) is 51.5 Å². The maximum Gasteiger partial charge on any atom is 0.195 e. The van der Waals surface area contributed by atoms with Gasteiger partial charge < -0.3 is 9.47 Å². The van der Waals surface area contributed by atoms with Gasteiger partial charge in [0.25, 0.3) is 0 Å². The molecule has 0 aliphatic rings. The van der Waals surface area contributed by atoms with Crippen molar-refractivity contribution in [3.63, 3.8) is 0 Å². The van der Waals surface area contributed by atoms with Gasteiger partial charge in [0.15, 0.2) is 4.96 Å². The Kier molecular flexibility index (Phi) is 5.76. The molecular formula is C21H21BrN2O2S. The molecule has 0 radical (unpaired) electrons. The quantitative estimate of drug-likeness (QED) is 0.250. The van der Waals surface area contributed by atoms with Gasteiger partial charge in [-0.1, -0.05) is 57.6 Å². The highest BCUT2D eigenvalue weighted by molar-refractivity contribution is 9.09. The Bertz CT molecular complexity index is 1040. The van der Waals surface area contributed by atoms with Gasteiger partial charge in [0.1, 0.15) is 5.75 Å². The Morgan fingerprint density at radius 2 is 2.00 bits per heavy atom. The van der Waals surface area contributed by atoms with E-state index in [1.807, 2.05) is 31.2 Å². The second kappa shape index (κ2) is 8.42. The Balaban J connectivity index is 1.82. The van der Waals surface area contributed by atoms with Crippen molar-refractivity contribution < 1.29 is 9.47 Å². The summed E-state index contributed by atoms with van der Waals surface area (Å²) in [6.07, 6.45) is 0.991. The first-order chi connectivity index (χ1) is 13.3. The van der Waals surface area contributed by atoms with E-state index >= 15 is 0 Å². The highest BCUT2D eigenvalue weighted by atomic mass is 79.9. The molecule has 0 aliphatic carbocycles. The lowest BCUT2D eigenvalue weighted by Crippen LogP contribution is -2.01. The molecule has 4 aromatic rings. The van der Waals surface area contributed by atoms with E-state index in [1.165, 1.54) is 4.70 Å². The number of aromatic nitrogens is 2. The second-order valence-corrected chi connectivity index (χ2v) is 7.95. The molecular weight excluding hydrogens is 424 g/mol. The zero-order chi connectivity index (χ0) is 18.6. The fourth-order valence-electron chi connectivity index (χ4n) is 3.15. The van der Waals surface area contributed by atoms with Crippen molar-refractivity contribution in [1.29, 1.82) is 0 Å². The zero-order valence-corrected chi connectivity index (χ0v) is 17.6. The molecule has 6 heteroatoms. The minimum absolute atomic E-state index is 0.539. The lowest BCUT2D eigenvalue weighted by molar-refractivity contribution is 0.120. The summed E-state index contributed by atoms with van der Waals surface area (Å²) >= 11 is 5.14. The maximum absolute atomic E-state index is 5.96. The monoisotopic (exact) mass is 444 g/mol. The number of benzene rings is 2. The van der Waals surface area contributed by atoms with Gasteiger partial charge in [-0.25, -0.2) is 4.98 Å². The number of fused-ring (bicyclic) bond motifs is 3. The number of hydrogen-bond acceptors (Lipinski definition) is 4. The van der Waals surface area contributed by atoms with Gasteiger partial charge in [-0.15, -0.1) is 0 Å². The highest BCUT2D eigenvalue weighted by Crippen LogP contribution is 2.35. The van der Waals surface area contributed by atoms with Gasteiger partial charge in [0.2, 0.25) is 0 Å². The first-order valence-electron chi connectivity index (χ1n) is 9.07. The summed E-state index contributed by atoms with van der Waals surface area (Å²) in [5, 5.41) is 0.946. The van der Waals surface area contributed by atoms with Crippen molar-refractivity contribution in [3.05, 3.63) is 54.2 Å². The third-order valence-electron chi connectivity index (χ3n) is 4.33. The molecule has 140 valence electrons. The van der Waals surface area contributed by atoms with Crippen LogP contribution in [0, 0.1) is 0 Å². The number of halogens is 1. The molecule has 0 unspecified atom stereocenters. The van der Waals surface area contributed by atoms with E-state index in [-0.39, 0.29) is 0 Å². The number of imidazole rings is 1. The van der Waals surface area contributed by atoms with E-state index in [4.69, 9.17) is 14.5 Å². The van der Waals surface area contributed by atoms with Gasteiger partial charge >= 0.3 is 0 Å². The van der Waals surface area contributed by atoms with E-state index in [2.05, 4.69) is 44.6 Å². The summed E-state index contributed by atoms with van der Waals surface area (Å²) in [7, 11) is 0. The predicted octanol–water partition coefficient (Wildman–Crippen LogP) is 5.92. The van der Waals surface area contributed by atoms with Crippen LogP contribution in [0.1, 0.15) is 19.0 Å². The maximum atomic E-state index is 5.96. The Labute approximate surface area is 170 Å². The number of rotatable bonds is 8. The molecule has 4 rings (SSSR count). The molecule has 2 heterocycles. The first kappa shape index (κ1) is 18.5. The van der Waals surface area contributed by atoms with Gasteiger partial charge in [-0.05, 0) is 31.5 Å². The van der Waals surface area contributed by atoms with Crippen LogP contribution in [0.5, 0.6) is 5.75 Å². The minimum atomic E-state index is 0.539. The van der Waals surface area contributed by atoms with Crippen LogP contribution in [0.4, 0.5) is 0 Å². The number of thiazole rings is 1. The van der Waals surface area contributed by atoms with Crippen LogP contribution >= 0.6 is 27.3 Å². The summed E-state index contributed by atoms with van der Waals surface area (Å²) < 4.78 is 15.0. The van der Waals surface area contributed by atoms with Crippen LogP contribution in [0.2, 0.25) is 0 Å². The standard InChI is InChI=1S/C21H21BrN2O2S/c1-2-26-16-9-10-17-19(13-16)27-21-23-20(15-7-4-3-5-8-15)18(24(17)21)14-25-12-6-11-22/h3-5,7-10,13H,2,6,11-12,14H2,1H3. The molecule has 0 saturated heterocycles. The fraction of sp³-hybridized carbons (Fsp3) is 0.286. The highest BCUT2D eigenvalue weighted by Gasteiger charge is 2.18. The van der Waals surface area contributed by atoms with Crippen molar-refractivity contribution in [3.8, 4) is 17.0 Å². The Morgan fingerprint density at radius 1 is 1.15 bits per heavy atom. The van der Waals surface area contributed by atoms with Crippen LogP contribution < -0.4 is 4.74 Å². The predicted molar refractivity (Wildman–Crippen MR) is 115 cm³/mol. The van der Waals surface area contributed by atoms with Gasteiger partial charge in [0.05, 0.1) is 34.8 Å². The van der Waals surface area contributed by atoms with Gasteiger partial charge in [-0.2, -0.15) is 0 Å². The Morgan fingerprint density at radius 3 is 2.78 bits per heavy atom. The van der Waals surface area contributed by atoms with E-state index < -0.39 is 0 Å². The third kappa shape index (κ3) is 3.74. The van der Waals surface area contributed by atoms with Crippen molar-refractivity contribution >= 4 is 42.4 Å².